The third-order valence-electron chi connectivity index (χ3n) is 4.90. The number of fused-ring (bicyclic) bond motifs is 1. The van der Waals surface area contributed by atoms with Crippen LogP contribution < -0.4 is 5.32 Å². The standard InChI is InChI=1S/C22H22N4OS/c1-14-4-7-17(8-5-14)20-24-22-26(25-20)19(13-28-22)10-11-23-21(27)18-9-6-15(2)16(3)12-18/h4-9,12-13H,10-11H2,1-3H3,(H,23,27). The van der Waals surface area contributed by atoms with Crippen molar-refractivity contribution in [3.63, 3.8) is 0 Å². The van der Waals surface area contributed by atoms with E-state index in [4.69, 9.17) is 0 Å². The normalized spacial score (nSPS) is 11.1. The maximum absolute atomic E-state index is 12.4. The summed E-state index contributed by atoms with van der Waals surface area (Å²) >= 11 is 1.57. The molecular weight excluding hydrogens is 368 g/mol. The number of benzene rings is 2. The van der Waals surface area contributed by atoms with E-state index in [1.165, 1.54) is 11.1 Å². The molecule has 28 heavy (non-hydrogen) atoms. The zero-order valence-electron chi connectivity index (χ0n) is 16.2. The van der Waals surface area contributed by atoms with E-state index in [1.54, 1.807) is 11.3 Å². The number of nitrogens with zero attached hydrogens (tertiary/aromatic N) is 3. The van der Waals surface area contributed by atoms with E-state index >= 15 is 0 Å². The van der Waals surface area contributed by atoms with E-state index in [2.05, 4.69) is 39.8 Å². The van der Waals surface area contributed by atoms with Crippen LogP contribution in [0.15, 0.2) is 47.8 Å². The summed E-state index contributed by atoms with van der Waals surface area (Å²) in [6.45, 7) is 6.68. The second-order valence-corrected chi connectivity index (χ2v) is 7.86. The topological polar surface area (TPSA) is 59.3 Å². The number of aromatic nitrogens is 3. The number of rotatable bonds is 5. The summed E-state index contributed by atoms with van der Waals surface area (Å²) in [5.41, 5.74) is 6.28. The van der Waals surface area contributed by atoms with Gasteiger partial charge in [0, 0.05) is 29.5 Å². The Hall–Kier alpha value is -2.99. The van der Waals surface area contributed by atoms with Crippen LogP contribution in [-0.4, -0.2) is 27.0 Å². The molecule has 0 saturated carbocycles. The zero-order chi connectivity index (χ0) is 19.7. The van der Waals surface area contributed by atoms with Gasteiger partial charge < -0.3 is 5.32 Å². The minimum Gasteiger partial charge on any atom is -0.352 e. The molecule has 0 aliphatic carbocycles. The van der Waals surface area contributed by atoms with Crippen molar-refractivity contribution in [1.82, 2.24) is 19.9 Å². The zero-order valence-corrected chi connectivity index (χ0v) is 17.0. The number of nitrogens with one attached hydrogen (secondary N) is 1. The Bertz CT molecular complexity index is 1140. The van der Waals surface area contributed by atoms with Gasteiger partial charge in [-0.05, 0) is 44.0 Å². The molecule has 0 spiro atoms. The number of hydrogen-bond acceptors (Lipinski definition) is 4. The van der Waals surface area contributed by atoms with Gasteiger partial charge >= 0.3 is 0 Å². The lowest BCUT2D eigenvalue weighted by molar-refractivity contribution is 0.0954. The van der Waals surface area contributed by atoms with Crippen molar-refractivity contribution >= 4 is 22.2 Å². The minimum absolute atomic E-state index is 0.0477. The van der Waals surface area contributed by atoms with Crippen LogP contribution in [0.1, 0.15) is 32.7 Å². The van der Waals surface area contributed by atoms with Gasteiger partial charge in [0.1, 0.15) is 0 Å². The summed E-state index contributed by atoms with van der Waals surface area (Å²) < 4.78 is 1.88. The van der Waals surface area contributed by atoms with Gasteiger partial charge in [-0.25, -0.2) is 4.52 Å². The van der Waals surface area contributed by atoms with Crippen LogP contribution >= 0.6 is 11.3 Å². The van der Waals surface area contributed by atoms with Gasteiger partial charge in [-0.1, -0.05) is 35.9 Å². The summed E-state index contributed by atoms with van der Waals surface area (Å²) in [6.07, 6.45) is 0.702. The molecule has 0 aliphatic rings. The highest BCUT2D eigenvalue weighted by molar-refractivity contribution is 7.15. The quantitative estimate of drug-likeness (QED) is 0.551. The summed E-state index contributed by atoms with van der Waals surface area (Å²) in [5.74, 6) is 0.681. The molecule has 6 heteroatoms. The number of carbonyl (C=O) groups is 1. The first-order chi connectivity index (χ1) is 13.5. The Morgan fingerprint density at radius 1 is 1.07 bits per heavy atom. The largest absolute Gasteiger partial charge is 0.352 e. The van der Waals surface area contributed by atoms with E-state index in [-0.39, 0.29) is 5.91 Å². The van der Waals surface area contributed by atoms with E-state index in [0.717, 1.165) is 27.6 Å². The molecule has 0 radical (unpaired) electrons. The highest BCUT2D eigenvalue weighted by atomic mass is 32.1. The van der Waals surface area contributed by atoms with Crippen molar-refractivity contribution in [1.29, 1.82) is 0 Å². The molecule has 5 nitrogen and oxygen atoms in total. The first-order valence-electron chi connectivity index (χ1n) is 9.27. The van der Waals surface area contributed by atoms with Crippen LogP contribution in [0.4, 0.5) is 0 Å². The van der Waals surface area contributed by atoms with E-state index < -0.39 is 0 Å². The predicted molar refractivity (Wildman–Crippen MR) is 113 cm³/mol. The second-order valence-electron chi connectivity index (χ2n) is 7.03. The van der Waals surface area contributed by atoms with Crippen LogP contribution in [0.5, 0.6) is 0 Å². The molecule has 2 heterocycles. The van der Waals surface area contributed by atoms with Crippen LogP contribution in [0.25, 0.3) is 16.3 Å². The molecule has 4 aromatic rings. The van der Waals surface area contributed by atoms with Crippen molar-refractivity contribution in [3.8, 4) is 11.4 Å². The third-order valence-corrected chi connectivity index (χ3v) is 5.76. The highest BCUT2D eigenvalue weighted by Gasteiger charge is 2.12. The van der Waals surface area contributed by atoms with Crippen molar-refractivity contribution in [3.05, 3.63) is 75.8 Å². The van der Waals surface area contributed by atoms with Gasteiger partial charge in [0.15, 0.2) is 5.82 Å². The molecule has 2 aromatic heterocycles. The molecule has 1 N–H and O–H groups in total. The van der Waals surface area contributed by atoms with E-state index in [9.17, 15) is 4.79 Å². The number of hydrogen-bond donors (Lipinski definition) is 1. The average Bonchev–Trinajstić information content (AvgIpc) is 3.26. The Kier molecular flexibility index (Phi) is 4.96. The average molecular weight is 391 g/mol. The lowest BCUT2D eigenvalue weighted by Crippen LogP contribution is -2.26. The summed E-state index contributed by atoms with van der Waals surface area (Å²) in [4.78, 5) is 17.9. The first kappa shape index (κ1) is 18.4. The molecule has 4 rings (SSSR count). The van der Waals surface area contributed by atoms with Crippen LogP contribution in [0.3, 0.4) is 0 Å². The molecule has 0 fully saturated rings. The van der Waals surface area contributed by atoms with E-state index in [0.29, 0.717) is 18.5 Å². The minimum atomic E-state index is -0.0477. The first-order valence-corrected chi connectivity index (χ1v) is 10.1. The van der Waals surface area contributed by atoms with Crippen molar-refractivity contribution in [2.75, 3.05) is 6.54 Å². The van der Waals surface area contributed by atoms with Gasteiger partial charge in [0.25, 0.3) is 5.91 Å². The monoisotopic (exact) mass is 390 g/mol. The second kappa shape index (κ2) is 7.56. The maximum atomic E-state index is 12.4. The van der Waals surface area contributed by atoms with Gasteiger partial charge in [0.2, 0.25) is 4.96 Å². The fraction of sp³-hybridized carbons (Fsp3) is 0.227. The molecule has 1 amide bonds. The summed E-state index contributed by atoms with van der Waals surface area (Å²) in [6, 6.07) is 14.0. The SMILES string of the molecule is Cc1ccc(-c2nc3scc(CCNC(=O)c4ccc(C)c(C)c4)n3n2)cc1. The molecule has 0 unspecified atom stereocenters. The number of aryl methyl sites for hydroxylation is 3. The number of amides is 1. The number of carbonyl (C=O) groups excluding carboxylic acids is 1. The third kappa shape index (κ3) is 3.68. The Balaban J connectivity index is 1.44. The molecule has 0 bridgehead atoms. The van der Waals surface area contributed by atoms with E-state index in [1.807, 2.05) is 48.7 Å². The summed E-state index contributed by atoms with van der Waals surface area (Å²) in [5, 5.41) is 9.70. The molecule has 0 saturated heterocycles. The molecule has 2 aromatic carbocycles. The van der Waals surface area contributed by atoms with Crippen molar-refractivity contribution in [2.45, 2.75) is 27.2 Å². The fourth-order valence-electron chi connectivity index (χ4n) is 3.01. The Morgan fingerprint density at radius 3 is 2.61 bits per heavy atom. The number of thiazole rings is 1. The maximum Gasteiger partial charge on any atom is 0.251 e. The van der Waals surface area contributed by atoms with Gasteiger partial charge in [-0.2, -0.15) is 4.98 Å². The van der Waals surface area contributed by atoms with Crippen molar-refractivity contribution in [2.24, 2.45) is 0 Å². The van der Waals surface area contributed by atoms with Crippen molar-refractivity contribution < 1.29 is 4.79 Å². The van der Waals surface area contributed by atoms with Gasteiger partial charge in [-0.15, -0.1) is 16.4 Å². The van der Waals surface area contributed by atoms with Crippen LogP contribution in [0.2, 0.25) is 0 Å². The Labute approximate surface area is 168 Å². The highest BCUT2D eigenvalue weighted by Crippen LogP contribution is 2.21. The summed E-state index contributed by atoms with van der Waals surface area (Å²) in [7, 11) is 0. The van der Waals surface area contributed by atoms with Crippen LogP contribution in [0, 0.1) is 20.8 Å². The molecule has 142 valence electrons. The lowest BCUT2D eigenvalue weighted by Gasteiger charge is -2.07. The molecule has 0 aliphatic heterocycles. The predicted octanol–water partition coefficient (Wildman–Crippen LogP) is 4.36. The van der Waals surface area contributed by atoms with Gasteiger partial charge in [0.05, 0.1) is 5.69 Å². The fourth-order valence-corrected chi connectivity index (χ4v) is 3.87. The molecular formula is C22H22N4OS. The van der Waals surface area contributed by atoms with Gasteiger partial charge in [-0.3, -0.25) is 4.79 Å². The Morgan fingerprint density at radius 2 is 1.86 bits per heavy atom. The lowest BCUT2D eigenvalue weighted by atomic mass is 10.1. The van der Waals surface area contributed by atoms with Crippen LogP contribution in [-0.2, 0) is 6.42 Å². The molecule has 0 atom stereocenters. The smallest absolute Gasteiger partial charge is 0.251 e.